The molecular formula is C7H7O4S-. The van der Waals surface area contributed by atoms with Gasteiger partial charge in [-0.05, 0) is 17.5 Å². The predicted molar refractivity (Wildman–Crippen MR) is 41.9 cm³/mol. The fourth-order valence-electron chi connectivity index (χ4n) is 0.907. The van der Waals surface area contributed by atoms with Gasteiger partial charge in [0.15, 0.2) is 0 Å². The average molecular weight is 187 g/mol. The Morgan fingerprint density at radius 1 is 1.75 bits per heavy atom. The van der Waals surface area contributed by atoms with E-state index in [9.17, 15) is 13.6 Å². The van der Waals surface area contributed by atoms with Crippen molar-refractivity contribution in [1.29, 1.82) is 0 Å². The van der Waals surface area contributed by atoms with Crippen molar-refractivity contribution in [2.75, 3.05) is 0 Å². The number of hydrogen-bond acceptors (Lipinski definition) is 3. The topological polar surface area (TPSA) is 77.4 Å². The molecule has 0 aliphatic heterocycles. The van der Waals surface area contributed by atoms with Gasteiger partial charge in [0.05, 0.1) is 5.92 Å². The van der Waals surface area contributed by atoms with E-state index in [-0.39, 0.29) is 11.3 Å². The highest BCUT2D eigenvalue weighted by Crippen LogP contribution is 2.17. The number of allylic oxidation sites excluding steroid dienone is 2. The number of aliphatic carboxylic acids is 1. The maximum absolute atomic E-state index is 10.4. The summed E-state index contributed by atoms with van der Waals surface area (Å²) in [5.74, 6) is -1.52. The van der Waals surface area contributed by atoms with Gasteiger partial charge in [-0.15, -0.1) is 0 Å². The molecule has 0 aromatic heterocycles. The molecule has 0 saturated carbocycles. The summed E-state index contributed by atoms with van der Waals surface area (Å²) in [5, 5.41) is 8.53. The molecule has 1 rings (SSSR count). The van der Waals surface area contributed by atoms with E-state index < -0.39 is 23.0 Å². The Morgan fingerprint density at radius 3 is 2.75 bits per heavy atom. The third kappa shape index (κ3) is 2.02. The molecule has 0 radical (unpaired) electrons. The van der Waals surface area contributed by atoms with Crippen LogP contribution < -0.4 is 0 Å². The molecule has 0 bridgehead atoms. The Balaban J connectivity index is 2.68. The molecule has 1 N–H and O–H groups in total. The molecule has 12 heavy (non-hydrogen) atoms. The standard InChI is InChI=1S/C7H8O4S/c8-7(9)5-1-3-6(4-2-5)12(10)11/h1,3-5H,2H2,(H,8,9)(H,10,11)/p-1. The van der Waals surface area contributed by atoms with E-state index in [4.69, 9.17) is 5.11 Å². The summed E-state index contributed by atoms with van der Waals surface area (Å²) >= 11 is -2.25. The van der Waals surface area contributed by atoms with Crippen molar-refractivity contribution < 1.29 is 18.7 Å². The number of carboxylic acid groups (broad SMARTS) is 1. The molecule has 0 aromatic rings. The third-order valence-corrected chi connectivity index (χ3v) is 2.26. The van der Waals surface area contributed by atoms with Crippen LogP contribution in [0.25, 0.3) is 0 Å². The lowest BCUT2D eigenvalue weighted by atomic mass is 10.0. The van der Waals surface area contributed by atoms with Crippen molar-refractivity contribution in [3.8, 4) is 0 Å². The van der Waals surface area contributed by atoms with E-state index in [1.807, 2.05) is 0 Å². The van der Waals surface area contributed by atoms with Gasteiger partial charge in [-0.3, -0.25) is 9.00 Å². The first-order valence-corrected chi connectivity index (χ1v) is 4.39. The second kappa shape index (κ2) is 3.64. The minimum atomic E-state index is -2.25. The van der Waals surface area contributed by atoms with E-state index in [2.05, 4.69) is 0 Å². The van der Waals surface area contributed by atoms with Crippen LogP contribution in [-0.4, -0.2) is 19.8 Å². The largest absolute Gasteiger partial charge is 0.768 e. The first kappa shape index (κ1) is 9.15. The second-order valence-electron chi connectivity index (χ2n) is 2.38. The predicted octanol–water partition coefficient (Wildman–Crippen LogP) is 0.410. The van der Waals surface area contributed by atoms with Crippen LogP contribution in [0.3, 0.4) is 0 Å². The average Bonchev–Trinajstić information content (AvgIpc) is 2.04. The van der Waals surface area contributed by atoms with Crippen molar-refractivity contribution in [3.05, 3.63) is 23.1 Å². The number of rotatable bonds is 2. The summed E-state index contributed by atoms with van der Waals surface area (Å²) in [6, 6.07) is 0. The minimum absolute atomic E-state index is 0.160. The molecule has 0 spiro atoms. The highest BCUT2D eigenvalue weighted by molar-refractivity contribution is 7.83. The van der Waals surface area contributed by atoms with Gasteiger partial charge in [0.1, 0.15) is 0 Å². The maximum atomic E-state index is 10.4. The first-order chi connectivity index (χ1) is 5.61. The molecular weight excluding hydrogens is 180 g/mol. The maximum Gasteiger partial charge on any atom is 0.310 e. The molecule has 0 aromatic carbocycles. The van der Waals surface area contributed by atoms with Gasteiger partial charge in [0.2, 0.25) is 0 Å². The Labute approximate surface area is 71.9 Å². The summed E-state index contributed by atoms with van der Waals surface area (Å²) in [6.45, 7) is 0. The fraction of sp³-hybridized carbons (Fsp3) is 0.286. The summed E-state index contributed by atoms with van der Waals surface area (Å²) in [4.78, 5) is 10.6. The molecule has 0 heterocycles. The molecule has 2 unspecified atom stereocenters. The van der Waals surface area contributed by atoms with E-state index in [0.717, 1.165) is 0 Å². The zero-order valence-corrected chi connectivity index (χ0v) is 6.91. The third-order valence-electron chi connectivity index (χ3n) is 1.58. The Morgan fingerprint density at radius 2 is 2.42 bits per heavy atom. The van der Waals surface area contributed by atoms with E-state index in [1.54, 1.807) is 0 Å². The van der Waals surface area contributed by atoms with Crippen molar-refractivity contribution in [2.24, 2.45) is 5.92 Å². The molecule has 5 heteroatoms. The summed E-state index contributed by atoms with van der Waals surface area (Å²) in [5.41, 5.74) is 0. The minimum Gasteiger partial charge on any atom is -0.768 e. The van der Waals surface area contributed by atoms with Gasteiger partial charge >= 0.3 is 5.97 Å². The van der Waals surface area contributed by atoms with Crippen molar-refractivity contribution in [3.63, 3.8) is 0 Å². The van der Waals surface area contributed by atoms with Crippen molar-refractivity contribution >= 4 is 17.0 Å². The SMILES string of the molecule is O=C(O)C1C=CC(S(=O)[O-])=CC1. The van der Waals surface area contributed by atoms with Gasteiger partial charge in [-0.25, -0.2) is 0 Å². The highest BCUT2D eigenvalue weighted by atomic mass is 32.2. The normalized spacial score (nSPS) is 24.8. The molecule has 0 saturated heterocycles. The number of hydrogen-bond donors (Lipinski definition) is 1. The summed E-state index contributed by atoms with van der Waals surface area (Å²) in [7, 11) is 0. The van der Waals surface area contributed by atoms with E-state index in [1.165, 1.54) is 18.2 Å². The molecule has 2 atom stereocenters. The van der Waals surface area contributed by atoms with Crippen LogP contribution in [-0.2, 0) is 15.9 Å². The van der Waals surface area contributed by atoms with Gasteiger partial charge < -0.3 is 9.66 Å². The lowest BCUT2D eigenvalue weighted by molar-refractivity contribution is -0.139. The number of carbonyl (C=O) groups is 1. The lowest BCUT2D eigenvalue weighted by Gasteiger charge is -2.13. The molecule has 0 fully saturated rings. The number of carboxylic acids is 1. The summed E-state index contributed by atoms with van der Waals surface area (Å²) < 4.78 is 20.7. The van der Waals surface area contributed by atoms with Gasteiger partial charge in [0, 0.05) is 4.91 Å². The molecule has 1 aliphatic rings. The van der Waals surface area contributed by atoms with Crippen LogP contribution in [0.2, 0.25) is 0 Å². The Bertz CT molecular complexity index is 279. The molecule has 0 amide bonds. The second-order valence-corrected chi connectivity index (χ2v) is 3.32. The fourth-order valence-corrected chi connectivity index (χ4v) is 1.33. The van der Waals surface area contributed by atoms with Gasteiger partial charge in [0.25, 0.3) is 0 Å². The van der Waals surface area contributed by atoms with Crippen LogP contribution in [0.5, 0.6) is 0 Å². The molecule has 1 aliphatic carbocycles. The summed E-state index contributed by atoms with van der Waals surface area (Å²) in [6.07, 6.45) is 4.34. The van der Waals surface area contributed by atoms with E-state index >= 15 is 0 Å². The lowest BCUT2D eigenvalue weighted by Crippen LogP contribution is -2.12. The monoisotopic (exact) mass is 187 g/mol. The van der Waals surface area contributed by atoms with Crippen molar-refractivity contribution in [2.45, 2.75) is 6.42 Å². The van der Waals surface area contributed by atoms with Crippen molar-refractivity contribution in [1.82, 2.24) is 0 Å². The van der Waals surface area contributed by atoms with Crippen LogP contribution in [0.15, 0.2) is 23.1 Å². The first-order valence-electron chi connectivity index (χ1n) is 3.31. The highest BCUT2D eigenvalue weighted by Gasteiger charge is 2.15. The van der Waals surface area contributed by atoms with Crippen LogP contribution >= 0.6 is 0 Å². The Hall–Kier alpha value is -0.940. The van der Waals surface area contributed by atoms with Crippen LogP contribution in [0.4, 0.5) is 0 Å². The zero-order chi connectivity index (χ0) is 9.14. The molecule has 4 nitrogen and oxygen atoms in total. The van der Waals surface area contributed by atoms with Crippen LogP contribution in [0, 0.1) is 5.92 Å². The smallest absolute Gasteiger partial charge is 0.310 e. The van der Waals surface area contributed by atoms with Crippen LogP contribution in [0.1, 0.15) is 6.42 Å². The quantitative estimate of drug-likeness (QED) is 0.635. The van der Waals surface area contributed by atoms with E-state index in [0.29, 0.717) is 0 Å². The Kier molecular flexibility index (Phi) is 2.78. The zero-order valence-electron chi connectivity index (χ0n) is 6.10. The molecule has 66 valence electrons. The van der Waals surface area contributed by atoms with Gasteiger partial charge in [-0.2, -0.15) is 0 Å². The van der Waals surface area contributed by atoms with Gasteiger partial charge in [-0.1, -0.05) is 18.2 Å².